The maximum absolute atomic E-state index is 13.2. The number of carboxylic acid groups (broad SMARTS) is 1. The summed E-state index contributed by atoms with van der Waals surface area (Å²) in [6.45, 7) is 3.83. The van der Waals surface area contributed by atoms with E-state index in [1.807, 2.05) is 19.1 Å². The van der Waals surface area contributed by atoms with Crippen LogP contribution in [0.25, 0.3) is 0 Å². The predicted octanol–water partition coefficient (Wildman–Crippen LogP) is 4.56. The molecule has 0 aromatic heterocycles. The largest absolute Gasteiger partial charge is 0.481 e. The summed E-state index contributed by atoms with van der Waals surface area (Å²) in [5.74, 6) is -1.62. The fraction of sp³-hybridized carbons (Fsp3) is 0.571. The van der Waals surface area contributed by atoms with Crippen molar-refractivity contribution in [2.75, 3.05) is 0 Å². The molecule has 38 heavy (non-hydrogen) atoms. The molecule has 8 atom stereocenters. The number of carbonyl (C=O) groups excluding carboxylic acids is 1. The van der Waals surface area contributed by atoms with Gasteiger partial charge in [0.25, 0.3) is 0 Å². The highest BCUT2D eigenvalue weighted by molar-refractivity contribution is 6.37. The number of fused-ring (bicyclic) bond motifs is 1. The lowest BCUT2D eigenvalue weighted by molar-refractivity contribution is -0.163. The van der Waals surface area contributed by atoms with Crippen LogP contribution in [0.15, 0.2) is 42.0 Å². The lowest BCUT2D eigenvalue weighted by Gasteiger charge is -2.43. The Bertz CT molecular complexity index is 1020. The quantitative estimate of drug-likeness (QED) is 0.269. The summed E-state index contributed by atoms with van der Waals surface area (Å²) < 4.78 is 11.8. The molecule has 0 fully saturated rings. The van der Waals surface area contributed by atoms with E-state index in [0.29, 0.717) is 19.3 Å². The average molecular weight is 571 g/mol. The van der Waals surface area contributed by atoms with Gasteiger partial charge in [0.05, 0.1) is 34.8 Å². The molecule has 0 radical (unpaired) electrons. The van der Waals surface area contributed by atoms with E-state index in [2.05, 4.69) is 0 Å². The van der Waals surface area contributed by atoms with E-state index < -0.39 is 48.9 Å². The zero-order valence-corrected chi connectivity index (χ0v) is 23.0. The van der Waals surface area contributed by atoms with E-state index in [0.717, 1.165) is 5.57 Å². The molecular weight excluding hydrogens is 535 g/mol. The van der Waals surface area contributed by atoms with Gasteiger partial charge in [-0.25, -0.2) is 4.79 Å². The zero-order chi connectivity index (χ0) is 28.0. The van der Waals surface area contributed by atoms with Gasteiger partial charge in [0.15, 0.2) is 11.9 Å². The van der Waals surface area contributed by atoms with Crippen molar-refractivity contribution in [3.8, 4) is 5.75 Å². The zero-order valence-electron chi connectivity index (χ0n) is 21.5. The van der Waals surface area contributed by atoms with Crippen molar-refractivity contribution in [2.24, 2.45) is 17.8 Å². The number of hydrogen-bond acceptors (Lipinski definition) is 7. The minimum Gasteiger partial charge on any atom is -0.481 e. The molecule has 10 heteroatoms. The van der Waals surface area contributed by atoms with Gasteiger partial charge < -0.3 is 29.9 Å². The highest BCUT2D eigenvalue weighted by Crippen LogP contribution is 2.44. The molecule has 0 heterocycles. The number of esters is 1. The van der Waals surface area contributed by atoms with Crippen molar-refractivity contribution in [3.63, 3.8) is 0 Å². The van der Waals surface area contributed by atoms with E-state index in [9.17, 15) is 24.9 Å². The Morgan fingerprint density at radius 2 is 1.84 bits per heavy atom. The van der Waals surface area contributed by atoms with Crippen molar-refractivity contribution >= 4 is 35.1 Å². The van der Waals surface area contributed by atoms with Crippen LogP contribution in [0.3, 0.4) is 0 Å². The van der Waals surface area contributed by atoms with E-state index in [4.69, 9.17) is 37.8 Å². The number of benzene rings is 1. The summed E-state index contributed by atoms with van der Waals surface area (Å²) in [5.41, 5.74) is 0.869. The summed E-state index contributed by atoms with van der Waals surface area (Å²) in [6.07, 6.45) is 2.37. The number of aliphatic hydroxyl groups is 3. The number of ether oxygens (including phenoxy) is 2. The second-order valence-corrected chi connectivity index (χ2v) is 11.0. The minimum atomic E-state index is -1.13. The molecular formula is C28H36Cl2O8. The van der Waals surface area contributed by atoms with Crippen LogP contribution in [0.5, 0.6) is 5.75 Å². The van der Waals surface area contributed by atoms with Crippen LogP contribution in [0, 0.1) is 17.8 Å². The Labute approximate surface area is 232 Å². The van der Waals surface area contributed by atoms with E-state index >= 15 is 0 Å². The molecule has 0 amide bonds. The van der Waals surface area contributed by atoms with Crippen molar-refractivity contribution < 1.29 is 39.5 Å². The third-order valence-corrected chi connectivity index (χ3v) is 7.84. The first-order valence-corrected chi connectivity index (χ1v) is 13.7. The minimum absolute atomic E-state index is 0.0122. The molecule has 0 saturated heterocycles. The fourth-order valence-electron chi connectivity index (χ4n) is 5.35. The highest BCUT2D eigenvalue weighted by atomic mass is 35.5. The van der Waals surface area contributed by atoms with Crippen molar-refractivity contribution in [2.45, 2.75) is 82.9 Å². The molecule has 3 rings (SSSR count). The van der Waals surface area contributed by atoms with Gasteiger partial charge in [-0.1, -0.05) is 61.3 Å². The number of aliphatic carboxylic acids is 1. The van der Waals surface area contributed by atoms with Gasteiger partial charge in [0.2, 0.25) is 0 Å². The monoisotopic (exact) mass is 570 g/mol. The molecule has 0 saturated carbocycles. The van der Waals surface area contributed by atoms with Crippen LogP contribution in [-0.2, 0) is 14.3 Å². The van der Waals surface area contributed by atoms with Gasteiger partial charge in [0, 0.05) is 12.3 Å². The van der Waals surface area contributed by atoms with Gasteiger partial charge in [-0.15, -0.1) is 0 Å². The average Bonchev–Trinajstić information content (AvgIpc) is 2.82. The van der Waals surface area contributed by atoms with Crippen LogP contribution < -0.4 is 4.74 Å². The Hall–Kier alpha value is -2.10. The maximum atomic E-state index is 13.2. The number of allylic oxidation sites excluding steroid dienone is 2. The van der Waals surface area contributed by atoms with Gasteiger partial charge in [0.1, 0.15) is 6.10 Å². The smallest absolute Gasteiger partial charge is 0.347 e. The topological polar surface area (TPSA) is 134 Å². The predicted molar refractivity (Wildman–Crippen MR) is 143 cm³/mol. The first-order chi connectivity index (χ1) is 18.0. The van der Waals surface area contributed by atoms with Crippen molar-refractivity contribution in [3.05, 3.63) is 52.0 Å². The summed E-state index contributed by atoms with van der Waals surface area (Å²) >= 11 is 12.4. The molecule has 0 spiro atoms. The van der Waals surface area contributed by atoms with Crippen molar-refractivity contribution in [1.82, 2.24) is 0 Å². The molecule has 8 unspecified atom stereocenters. The summed E-state index contributed by atoms with van der Waals surface area (Å²) in [7, 11) is 0. The Morgan fingerprint density at radius 3 is 2.47 bits per heavy atom. The number of carboxylic acids is 1. The van der Waals surface area contributed by atoms with Gasteiger partial charge >= 0.3 is 11.9 Å². The van der Waals surface area contributed by atoms with Gasteiger partial charge in [-0.05, 0) is 55.2 Å². The molecule has 0 aliphatic heterocycles. The highest BCUT2D eigenvalue weighted by Gasteiger charge is 2.42. The first-order valence-electron chi connectivity index (χ1n) is 13.0. The first kappa shape index (κ1) is 30.4. The van der Waals surface area contributed by atoms with Crippen LogP contribution >= 0.6 is 23.2 Å². The van der Waals surface area contributed by atoms with Crippen LogP contribution in [0.4, 0.5) is 0 Å². The number of para-hydroxylation sites is 1. The normalized spacial score (nSPS) is 27.0. The summed E-state index contributed by atoms with van der Waals surface area (Å²) in [4.78, 5) is 24.1. The molecule has 8 nitrogen and oxygen atoms in total. The molecule has 1 aromatic rings. The lowest BCUT2D eigenvalue weighted by Crippen LogP contribution is -2.44. The molecule has 2 aliphatic carbocycles. The van der Waals surface area contributed by atoms with E-state index in [1.165, 1.54) is 0 Å². The number of aliphatic hydroxyl groups excluding tert-OH is 3. The van der Waals surface area contributed by atoms with Crippen molar-refractivity contribution in [1.29, 1.82) is 0 Å². The molecule has 1 aromatic carbocycles. The molecule has 4 N–H and O–H groups in total. The second-order valence-electron chi connectivity index (χ2n) is 10.1. The van der Waals surface area contributed by atoms with E-state index in [1.54, 1.807) is 31.2 Å². The molecule has 0 bridgehead atoms. The Balaban J connectivity index is 1.73. The van der Waals surface area contributed by atoms with Gasteiger partial charge in [-0.2, -0.15) is 0 Å². The maximum Gasteiger partial charge on any atom is 0.347 e. The lowest BCUT2D eigenvalue weighted by atomic mass is 9.66. The number of halogens is 2. The van der Waals surface area contributed by atoms with Crippen LogP contribution in [0.2, 0.25) is 10.0 Å². The standard InChI is InChI=1S/C28H36Cl2O8/c1-3-23(37-27-21(29)5-4-6-22(27)30)28(36)38-24-13-18(32)11-16-8-7-15(2)20(26(16)24)10-9-17(31)12-19(33)14-25(34)35/h4-8,11,15,17-20,23-24,26,31-33H,3,9-10,12-14H2,1-2H3,(H,34,35). The van der Waals surface area contributed by atoms with Gasteiger partial charge in [-0.3, -0.25) is 4.79 Å². The second kappa shape index (κ2) is 13.8. The third kappa shape index (κ3) is 7.96. The molecule has 2 aliphatic rings. The van der Waals surface area contributed by atoms with Crippen LogP contribution in [-0.4, -0.2) is 62.9 Å². The SMILES string of the molecule is CCC(Oc1c(Cl)cccc1Cl)C(=O)OC1CC(O)C=C2C=CC(C)C(CCC(O)CC(O)CC(=O)O)C21. The third-order valence-electron chi connectivity index (χ3n) is 7.24. The van der Waals surface area contributed by atoms with Crippen LogP contribution in [0.1, 0.15) is 52.4 Å². The number of hydrogen-bond donors (Lipinski definition) is 4. The van der Waals surface area contributed by atoms with E-state index in [-0.39, 0.29) is 46.4 Å². The summed E-state index contributed by atoms with van der Waals surface area (Å²) in [6, 6.07) is 4.91. The number of rotatable bonds is 12. The molecule has 210 valence electrons. The summed E-state index contributed by atoms with van der Waals surface area (Å²) in [5, 5.41) is 40.2. The Morgan fingerprint density at radius 1 is 1.16 bits per heavy atom. The number of carbonyl (C=O) groups is 2. The fourth-order valence-corrected chi connectivity index (χ4v) is 5.84. The Kier molecular flexibility index (Phi) is 11.1.